The molecule has 0 fully saturated rings. The molecule has 0 saturated carbocycles. The van der Waals surface area contributed by atoms with Gasteiger partial charge in [-0.1, -0.05) is 0 Å². The number of carbonyl (C=O) groups excluding carboxylic acids is 3. The third kappa shape index (κ3) is 5.03. The molecule has 28 heavy (non-hydrogen) atoms. The maximum Gasteiger partial charge on any atom is 0.407 e. The van der Waals surface area contributed by atoms with E-state index in [9.17, 15) is 24.3 Å². The first kappa shape index (κ1) is 21.7. The molecule has 8 nitrogen and oxygen atoms in total. The third-order valence-corrected chi connectivity index (χ3v) is 4.90. The van der Waals surface area contributed by atoms with E-state index >= 15 is 0 Å². The molecule has 2 rings (SSSR count). The predicted octanol–water partition coefficient (Wildman–Crippen LogP) is 2.55. The Morgan fingerprint density at radius 2 is 1.96 bits per heavy atom. The second-order valence-electron chi connectivity index (χ2n) is 7.17. The molecular weight excluding hydrogens is 384 g/mol. The highest BCUT2D eigenvalue weighted by Gasteiger charge is 2.43. The lowest BCUT2D eigenvalue weighted by atomic mass is 9.90. The summed E-state index contributed by atoms with van der Waals surface area (Å²) in [6, 6.07) is 5.01. The summed E-state index contributed by atoms with van der Waals surface area (Å²) in [5, 5.41) is 11.9. The summed E-state index contributed by atoms with van der Waals surface area (Å²) in [5.74, 6) is -4.04. The number of rotatable bonds is 6. The molecular formula is C19H24N2O6S. The van der Waals surface area contributed by atoms with E-state index in [1.165, 1.54) is 16.7 Å². The number of ether oxygens (including phenoxy) is 1. The van der Waals surface area contributed by atoms with E-state index in [4.69, 9.17) is 4.74 Å². The molecule has 1 heterocycles. The minimum Gasteiger partial charge on any atom is -0.480 e. The lowest BCUT2D eigenvalue weighted by Crippen LogP contribution is -2.47. The molecule has 1 aliphatic heterocycles. The van der Waals surface area contributed by atoms with Crippen molar-refractivity contribution in [3.8, 4) is 0 Å². The SMILES string of the molecule is CCN1C(=O)C(C(=O)O)C(=O)c2cc(SCCNC(=O)OC(C)(C)C)ccc21. The Kier molecular flexibility index (Phi) is 6.71. The summed E-state index contributed by atoms with van der Waals surface area (Å²) < 4.78 is 5.15. The van der Waals surface area contributed by atoms with Crippen molar-refractivity contribution in [2.45, 2.75) is 38.2 Å². The topological polar surface area (TPSA) is 113 Å². The van der Waals surface area contributed by atoms with Gasteiger partial charge in [-0.05, 0) is 45.9 Å². The zero-order valence-corrected chi connectivity index (χ0v) is 17.1. The van der Waals surface area contributed by atoms with Gasteiger partial charge in [0.25, 0.3) is 0 Å². The minimum absolute atomic E-state index is 0.221. The van der Waals surface area contributed by atoms with Crippen molar-refractivity contribution in [1.29, 1.82) is 0 Å². The molecule has 1 atom stereocenters. The summed E-state index contributed by atoms with van der Waals surface area (Å²) in [5.41, 5.74) is 0.0736. The molecule has 0 spiro atoms. The van der Waals surface area contributed by atoms with Gasteiger partial charge < -0.3 is 20.1 Å². The van der Waals surface area contributed by atoms with Gasteiger partial charge in [0.1, 0.15) is 5.60 Å². The Balaban J connectivity index is 2.06. The number of fused-ring (bicyclic) bond motifs is 1. The van der Waals surface area contributed by atoms with Crippen molar-refractivity contribution >= 4 is 41.2 Å². The van der Waals surface area contributed by atoms with Crippen LogP contribution in [0.5, 0.6) is 0 Å². The van der Waals surface area contributed by atoms with Crippen LogP contribution in [-0.4, -0.2) is 53.3 Å². The fourth-order valence-electron chi connectivity index (χ4n) is 2.76. The summed E-state index contributed by atoms with van der Waals surface area (Å²) in [4.78, 5) is 49.9. The lowest BCUT2D eigenvalue weighted by molar-refractivity contribution is -0.144. The molecule has 0 bridgehead atoms. The van der Waals surface area contributed by atoms with E-state index in [2.05, 4.69) is 5.32 Å². The van der Waals surface area contributed by atoms with E-state index in [1.807, 2.05) is 0 Å². The van der Waals surface area contributed by atoms with Gasteiger partial charge in [0, 0.05) is 29.3 Å². The summed E-state index contributed by atoms with van der Waals surface area (Å²) in [7, 11) is 0. The number of carboxylic acids is 1. The minimum atomic E-state index is -1.71. The number of ketones is 1. The number of nitrogens with one attached hydrogen (secondary N) is 1. The lowest BCUT2D eigenvalue weighted by Gasteiger charge is -2.31. The first-order chi connectivity index (χ1) is 13.0. The molecule has 2 amide bonds. The first-order valence-corrected chi connectivity index (χ1v) is 9.85. The Hall–Kier alpha value is -2.55. The average Bonchev–Trinajstić information content (AvgIpc) is 2.57. The maximum absolute atomic E-state index is 12.5. The van der Waals surface area contributed by atoms with Gasteiger partial charge >= 0.3 is 12.1 Å². The van der Waals surface area contributed by atoms with Gasteiger partial charge in [0.05, 0.1) is 5.69 Å². The zero-order chi connectivity index (χ0) is 21.1. The van der Waals surface area contributed by atoms with Crippen LogP contribution >= 0.6 is 11.8 Å². The van der Waals surface area contributed by atoms with E-state index in [-0.39, 0.29) is 12.1 Å². The van der Waals surface area contributed by atoms with E-state index in [1.54, 1.807) is 45.9 Å². The maximum atomic E-state index is 12.5. The molecule has 0 aliphatic carbocycles. The van der Waals surface area contributed by atoms with Crippen molar-refractivity contribution in [2.75, 3.05) is 23.7 Å². The number of benzene rings is 1. The first-order valence-electron chi connectivity index (χ1n) is 8.87. The van der Waals surface area contributed by atoms with Gasteiger partial charge in [-0.3, -0.25) is 14.4 Å². The van der Waals surface area contributed by atoms with Gasteiger partial charge in [-0.25, -0.2) is 4.79 Å². The number of anilines is 1. The average molecular weight is 408 g/mol. The normalized spacial score (nSPS) is 16.6. The van der Waals surface area contributed by atoms with E-state index < -0.39 is 35.3 Å². The number of Topliss-reactive ketones (excluding diaryl/α,β-unsaturated/α-hetero) is 1. The fourth-order valence-corrected chi connectivity index (χ4v) is 3.57. The highest BCUT2D eigenvalue weighted by atomic mass is 32.2. The number of thioether (sulfide) groups is 1. The molecule has 0 aromatic heterocycles. The monoisotopic (exact) mass is 408 g/mol. The molecule has 1 aromatic rings. The van der Waals surface area contributed by atoms with Crippen LogP contribution in [0.3, 0.4) is 0 Å². The van der Waals surface area contributed by atoms with Crippen molar-refractivity contribution in [1.82, 2.24) is 5.32 Å². The number of nitrogens with zero attached hydrogens (tertiary/aromatic N) is 1. The van der Waals surface area contributed by atoms with Crippen LogP contribution < -0.4 is 10.2 Å². The smallest absolute Gasteiger partial charge is 0.407 e. The number of carbonyl (C=O) groups is 4. The Bertz CT molecular complexity index is 802. The van der Waals surface area contributed by atoms with E-state index in [0.717, 1.165) is 4.90 Å². The molecule has 2 N–H and O–H groups in total. The van der Waals surface area contributed by atoms with Crippen molar-refractivity contribution < 1.29 is 29.0 Å². The van der Waals surface area contributed by atoms with E-state index in [0.29, 0.717) is 18.0 Å². The second-order valence-corrected chi connectivity index (χ2v) is 8.34. The number of hydrogen-bond acceptors (Lipinski definition) is 6. The Morgan fingerprint density at radius 3 is 2.54 bits per heavy atom. The van der Waals surface area contributed by atoms with Crippen LogP contribution in [-0.2, 0) is 14.3 Å². The molecule has 0 radical (unpaired) electrons. The summed E-state index contributed by atoms with van der Waals surface area (Å²) in [6.07, 6.45) is -0.505. The fraction of sp³-hybridized carbons (Fsp3) is 0.474. The largest absolute Gasteiger partial charge is 0.480 e. The van der Waals surface area contributed by atoms with Crippen molar-refractivity contribution in [2.24, 2.45) is 5.92 Å². The quantitative estimate of drug-likeness (QED) is 0.422. The van der Waals surface area contributed by atoms with Gasteiger partial charge in [-0.15, -0.1) is 11.8 Å². The summed E-state index contributed by atoms with van der Waals surface area (Å²) in [6.45, 7) is 7.69. The van der Waals surface area contributed by atoms with Crippen LogP contribution in [0, 0.1) is 5.92 Å². The van der Waals surface area contributed by atoms with Crippen molar-refractivity contribution in [3.05, 3.63) is 23.8 Å². The third-order valence-electron chi connectivity index (χ3n) is 3.90. The van der Waals surface area contributed by atoms with Crippen LogP contribution in [0.25, 0.3) is 0 Å². The van der Waals surface area contributed by atoms with Gasteiger partial charge in [0.2, 0.25) is 5.91 Å². The van der Waals surface area contributed by atoms with Crippen LogP contribution in [0.2, 0.25) is 0 Å². The Labute approximate surface area is 167 Å². The predicted molar refractivity (Wildman–Crippen MR) is 105 cm³/mol. The molecule has 152 valence electrons. The highest BCUT2D eigenvalue weighted by Crippen LogP contribution is 2.34. The number of hydrogen-bond donors (Lipinski definition) is 2. The van der Waals surface area contributed by atoms with Crippen LogP contribution in [0.4, 0.5) is 10.5 Å². The Morgan fingerprint density at radius 1 is 1.29 bits per heavy atom. The van der Waals surface area contributed by atoms with Crippen LogP contribution in [0.1, 0.15) is 38.1 Å². The molecule has 1 aromatic carbocycles. The molecule has 1 aliphatic rings. The number of alkyl carbamates (subject to hydrolysis) is 1. The number of aliphatic carboxylic acids is 1. The molecule has 0 saturated heterocycles. The summed E-state index contributed by atoms with van der Waals surface area (Å²) >= 11 is 1.40. The highest BCUT2D eigenvalue weighted by molar-refractivity contribution is 7.99. The zero-order valence-electron chi connectivity index (χ0n) is 16.3. The van der Waals surface area contributed by atoms with Crippen LogP contribution in [0.15, 0.2) is 23.1 Å². The molecule has 9 heteroatoms. The number of amides is 2. The molecule has 1 unspecified atom stereocenters. The number of carboxylic acid groups (broad SMARTS) is 1. The van der Waals surface area contributed by atoms with Gasteiger partial charge in [-0.2, -0.15) is 0 Å². The van der Waals surface area contributed by atoms with Gasteiger partial charge in [0.15, 0.2) is 11.7 Å². The standard InChI is InChI=1S/C19H24N2O6S/c1-5-21-13-7-6-11(28-9-8-20-18(26)27-19(2,3)4)10-12(13)15(22)14(16(21)23)17(24)25/h6-7,10,14H,5,8-9H2,1-4H3,(H,20,26)(H,24,25). The van der Waals surface area contributed by atoms with Crippen molar-refractivity contribution in [3.63, 3.8) is 0 Å². The second kappa shape index (κ2) is 8.64.